The number of benzene rings is 1. The maximum atomic E-state index is 3.35. The SMILES string of the molecule is CC(C)(C)C1=CC2C(C=C1)SC1B3C4=C(CC(C5=CCCC=C5)CC4N4C5C3CC(C3=CCCCC3)CC5C3(CCCCC3)C4(C)C)N(c3ccccc3)C12. The van der Waals surface area contributed by atoms with Crippen LogP contribution >= 0.6 is 11.8 Å². The van der Waals surface area contributed by atoms with Crippen molar-refractivity contribution in [3.05, 3.63) is 101 Å². The Bertz CT molecular complexity index is 1880. The molecule has 2 nitrogen and oxygen atoms in total. The summed E-state index contributed by atoms with van der Waals surface area (Å²) >= 11 is 2.42. The first-order valence-corrected chi connectivity index (χ1v) is 24.1. The van der Waals surface area contributed by atoms with Gasteiger partial charge in [0.05, 0.1) is 0 Å². The first-order valence-electron chi connectivity index (χ1n) is 23.1. The summed E-state index contributed by atoms with van der Waals surface area (Å²) in [5.41, 5.74) is 11.0. The Morgan fingerprint density at radius 1 is 0.836 bits per heavy atom. The Morgan fingerprint density at radius 2 is 1.67 bits per heavy atom. The number of hydrogen-bond acceptors (Lipinski definition) is 3. The van der Waals surface area contributed by atoms with Gasteiger partial charge in [0, 0.05) is 51.4 Å². The Labute approximate surface area is 338 Å². The standard InChI is InChI=1S/C51H67BN2S/c1-49(2,3)37-24-25-44-39(32-37)46-48(55-44)52-41-29-35(33-18-10-6-11-19-33)28-40-47(41)54(50(4,5)51(40)26-16-9-17-27-51)43-31-36(34-20-12-7-13-21-34)30-42(45(43)52)53(46)38-22-14-8-15-23-38/h8,12,14-15,18,20-25,32,35-36,39-41,43-44,46-48H,6-7,9-11,13,16-17,19,26-31H2,1-5H3. The number of fused-ring (bicyclic) bond motifs is 7. The van der Waals surface area contributed by atoms with Crippen molar-refractivity contribution in [2.75, 3.05) is 4.90 Å². The molecule has 6 aliphatic carbocycles. The summed E-state index contributed by atoms with van der Waals surface area (Å²) in [6.07, 6.45) is 39.1. The third-order valence-corrected chi connectivity index (χ3v) is 19.5. The second-order valence-electron chi connectivity index (χ2n) is 21.5. The lowest BCUT2D eigenvalue weighted by Gasteiger charge is -2.62. The van der Waals surface area contributed by atoms with E-state index in [1.54, 1.807) is 16.8 Å². The molecule has 55 heavy (non-hydrogen) atoms. The second-order valence-corrected chi connectivity index (χ2v) is 22.8. The Balaban J connectivity index is 1.15. The minimum absolute atomic E-state index is 0.161. The molecule has 4 heteroatoms. The molecule has 4 aliphatic heterocycles. The van der Waals surface area contributed by atoms with Crippen molar-refractivity contribution in [3.63, 3.8) is 0 Å². The molecule has 1 aromatic rings. The smallest absolute Gasteiger partial charge is 0.196 e. The molecule has 4 heterocycles. The Hall–Kier alpha value is -2.17. The average molecular weight is 751 g/mol. The predicted molar refractivity (Wildman–Crippen MR) is 236 cm³/mol. The van der Waals surface area contributed by atoms with Crippen LogP contribution in [0.5, 0.6) is 0 Å². The van der Waals surface area contributed by atoms with Gasteiger partial charge in [-0.1, -0.05) is 112 Å². The highest BCUT2D eigenvalue weighted by Gasteiger charge is 2.73. The minimum Gasteiger partial charge on any atom is -0.342 e. The third-order valence-electron chi connectivity index (χ3n) is 17.8. The molecule has 10 unspecified atom stereocenters. The second kappa shape index (κ2) is 13.2. The first-order chi connectivity index (χ1) is 26.7. The van der Waals surface area contributed by atoms with Crippen molar-refractivity contribution in [3.8, 4) is 0 Å². The molecular formula is C51H67BN2S. The van der Waals surface area contributed by atoms with Crippen LogP contribution in [0.1, 0.15) is 131 Å². The highest BCUT2D eigenvalue weighted by atomic mass is 32.2. The molecule has 2 saturated carbocycles. The number of rotatable bonds is 3. The van der Waals surface area contributed by atoms with Crippen molar-refractivity contribution in [2.24, 2.45) is 34.5 Å². The summed E-state index contributed by atoms with van der Waals surface area (Å²) in [6, 6.07) is 13.6. The summed E-state index contributed by atoms with van der Waals surface area (Å²) in [7, 11) is 0. The van der Waals surface area contributed by atoms with E-state index < -0.39 is 0 Å². The fourth-order valence-corrected chi connectivity index (χ4v) is 17.5. The van der Waals surface area contributed by atoms with Gasteiger partial charge in [0.15, 0.2) is 6.71 Å². The normalized spacial score (nSPS) is 39.9. The van der Waals surface area contributed by atoms with Crippen molar-refractivity contribution < 1.29 is 0 Å². The summed E-state index contributed by atoms with van der Waals surface area (Å²) in [5.74, 6) is 3.52. The lowest BCUT2D eigenvalue weighted by molar-refractivity contribution is -0.00558. The zero-order valence-electron chi connectivity index (χ0n) is 34.7. The van der Waals surface area contributed by atoms with E-state index in [0.717, 1.165) is 23.7 Å². The molecule has 10 atom stereocenters. The lowest BCUT2D eigenvalue weighted by Crippen LogP contribution is -2.70. The van der Waals surface area contributed by atoms with E-state index >= 15 is 0 Å². The molecule has 10 aliphatic rings. The number of allylic oxidation sites excluding steroid dienone is 9. The van der Waals surface area contributed by atoms with Gasteiger partial charge in [-0.05, 0) is 149 Å². The highest BCUT2D eigenvalue weighted by Crippen LogP contribution is 2.72. The minimum atomic E-state index is 0.161. The van der Waals surface area contributed by atoms with E-state index in [0.29, 0.717) is 46.4 Å². The Kier molecular flexibility index (Phi) is 8.61. The molecule has 0 amide bonds. The highest BCUT2D eigenvalue weighted by molar-refractivity contribution is 8.02. The van der Waals surface area contributed by atoms with Crippen LogP contribution in [-0.2, 0) is 0 Å². The molecule has 3 saturated heterocycles. The average Bonchev–Trinajstić information content (AvgIpc) is 3.67. The first kappa shape index (κ1) is 36.0. The van der Waals surface area contributed by atoms with Crippen LogP contribution in [0.2, 0.25) is 5.82 Å². The fraction of sp³-hybridized carbons (Fsp3) is 0.647. The summed E-state index contributed by atoms with van der Waals surface area (Å²) < 4.78 is 0. The van der Waals surface area contributed by atoms with E-state index in [2.05, 4.69) is 129 Å². The monoisotopic (exact) mass is 751 g/mol. The maximum absolute atomic E-state index is 3.35. The van der Waals surface area contributed by atoms with Gasteiger partial charge in [0.1, 0.15) is 0 Å². The van der Waals surface area contributed by atoms with Gasteiger partial charge in [-0.2, -0.15) is 11.8 Å². The van der Waals surface area contributed by atoms with Gasteiger partial charge in [-0.25, -0.2) is 0 Å². The van der Waals surface area contributed by atoms with E-state index in [1.807, 2.05) is 11.0 Å². The summed E-state index contributed by atoms with van der Waals surface area (Å²) in [6.45, 7) is 13.6. The molecule has 5 fully saturated rings. The van der Waals surface area contributed by atoms with Crippen LogP contribution in [0.25, 0.3) is 0 Å². The van der Waals surface area contributed by atoms with Crippen molar-refractivity contribution >= 4 is 24.2 Å². The van der Waals surface area contributed by atoms with Gasteiger partial charge in [0.2, 0.25) is 0 Å². The van der Waals surface area contributed by atoms with Crippen LogP contribution in [0.15, 0.2) is 101 Å². The van der Waals surface area contributed by atoms with Gasteiger partial charge in [0.25, 0.3) is 0 Å². The molecule has 1 spiro atoms. The van der Waals surface area contributed by atoms with Crippen molar-refractivity contribution in [1.29, 1.82) is 0 Å². The van der Waals surface area contributed by atoms with E-state index in [9.17, 15) is 0 Å². The lowest BCUT2D eigenvalue weighted by atomic mass is 9.25. The number of anilines is 1. The van der Waals surface area contributed by atoms with E-state index in [1.165, 1.54) is 102 Å². The molecule has 0 N–H and O–H groups in total. The van der Waals surface area contributed by atoms with E-state index in [4.69, 9.17) is 0 Å². The van der Waals surface area contributed by atoms with Gasteiger partial charge < -0.3 is 4.90 Å². The van der Waals surface area contributed by atoms with Crippen LogP contribution in [0, 0.1) is 34.5 Å². The van der Waals surface area contributed by atoms with Gasteiger partial charge in [-0.15, -0.1) is 0 Å². The predicted octanol–water partition coefficient (Wildman–Crippen LogP) is 12.7. The molecule has 0 bridgehead atoms. The van der Waals surface area contributed by atoms with Gasteiger partial charge in [-0.3, -0.25) is 4.90 Å². The van der Waals surface area contributed by atoms with Crippen LogP contribution in [-0.4, -0.2) is 45.7 Å². The van der Waals surface area contributed by atoms with Crippen LogP contribution in [0.3, 0.4) is 0 Å². The number of hydrogen-bond donors (Lipinski definition) is 0. The van der Waals surface area contributed by atoms with Crippen LogP contribution in [0.4, 0.5) is 5.69 Å². The number of nitrogens with zero attached hydrogens (tertiary/aromatic N) is 2. The zero-order chi connectivity index (χ0) is 37.3. The van der Waals surface area contributed by atoms with Crippen molar-refractivity contribution in [1.82, 2.24) is 4.90 Å². The molecular weight excluding hydrogens is 683 g/mol. The molecule has 11 rings (SSSR count). The summed E-state index contributed by atoms with van der Waals surface area (Å²) in [4.78, 5) is 6.37. The molecule has 0 radical (unpaired) electrons. The molecule has 1 aromatic carbocycles. The zero-order valence-corrected chi connectivity index (χ0v) is 35.5. The Morgan fingerprint density at radius 3 is 2.42 bits per heavy atom. The molecule has 0 aromatic heterocycles. The van der Waals surface area contributed by atoms with Gasteiger partial charge >= 0.3 is 0 Å². The van der Waals surface area contributed by atoms with E-state index in [-0.39, 0.29) is 11.0 Å². The topological polar surface area (TPSA) is 6.48 Å². The summed E-state index contributed by atoms with van der Waals surface area (Å²) in [5, 5.41) is 1.19. The maximum Gasteiger partial charge on any atom is 0.196 e. The van der Waals surface area contributed by atoms with Crippen molar-refractivity contribution in [2.45, 2.75) is 171 Å². The molecule has 290 valence electrons. The fourth-order valence-electron chi connectivity index (χ4n) is 15.6. The quantitative estimate of drug-likeness (QED) is 0.224. The third kappa shape index (κ3) is 5.30. The number of para-hydroxylation sites is 1. The number of thioether (sulfide) groups is 1. The largest absolute Gasteiger partial charge is 0.342 e. The van der Waals surface area contributed by atoms with Crippen LogP contribution < -0.4 is 4.90 Å².